The van der Waals surface area contributed by atoms with E-state index in [1.807, 2.05) is 36.4 Å². The summed E-state index contributed by atoms with van der Waals surface area (Å²) in [5.74, 6) is -0.808. The summed E-state index contributed by atoms with van der Waals surface area (Å²) in [6.45, 7) is -1.01. The number of phenols is 2. The predicted molar refractivity (Wildman–Crippen MR) is 220 cm³/mol. The van der Waals surface area contributed by atoms with Crippen LogP contribution in [-0.4, -0.2) is 68.8 Å². The van der Waals surface area contributed by atoms with Crippen molar-refractivity contribution in [2.45, 2.75) is 19.6 Å². The van der Waals surface area contributed by atoms with Gasteiger partial charge in [0, 0.05) is 33.2 Å². The Morgan fingerprint density at radius 3 is 1.63 bits per heavy atom. The number of hydrogen-bond acceptors (Lipinski definition) is 11. The Hall–Kier alpha value is -8.01. The average Bonchev–Trinajstić information content (AvgIpc) is 3.24. The number of amides is 1. The molecular formula is C41H35N9O7. The molecule has 0 fully saturated rings. The first-order valence-corrected chi connectivity index (χ1v) is 17.2. The minimum Gasteiger partial charge on any atom is -0.506 e. The highest BCUT2D eigenvalue weighted by atomic mass is 16.3. The fraction of sp³-hybridized carbons (Fsp3) is 0.0976. The molecule has 0 aliphatic heterocycles. The number of nitrogens with zero attached hydrogens (tertiary/aromatic N) is 9. The maximum Gasteiger partial charge on any atom is 0.260 e. The zero-order valence-electron chi connectivity index (χ0n) is 30.1. The topological polar surface area (TPSA) is 241 Å². The molecule has 0 aliphatic carbocycles. The SMILES string of the molecule is O=C(c1cc(CN=CO)c(N=Nc2c(O)ccc3ccccc23)c(CN=CO)c1CN=CO)N(CN=CO)c1ccc(N=Nc2c(O)ccc3ccccc23)cc1. The van der Waals surface area contributed by atoms with E-state index < -0.39 is 5.91 Å². The minimum atomic E-state index is -0.627. The van der Waals surface area contributed by atoms with E-state index in [0.29, 0.717) is 59.0 Å². The molecular weight excluding hydrogens is 731 g/mol. The third-order valence-electron chi connectivity index (χ3n) is 8.82. The summed E-state index contributed by atoms with van der Waals surface area (Å²) in [5, 5.41) is 80.1. The van der Waals surface area contributed by atoms with Gasteiger partial charge in [0.15, 0.2) is 25.6 Å². The smallest absolute Gasteiger partial charge is 0.260 e. The maximum absolute atomic E-state index is 14.7. The molecule has 57 heavy (non-hydrogen) atoms. The second-order valence-corrected chi connectivity index (χ2v) is 12.2. The monoisotopic (exact) mass is 765 g/mol. The average molecular weight is 766 g/mol. The number of fused-ring (bicyclic) bond motifs is 2. The lowest BCUT2D eigenvalue weighted by Gasteiger charge is -2.24. The number of rotatable bonds is 14. The Bertz CT molecular complexity index is 2590. The molecule has 0 saturated heterocycles. The minimum absolute atomic E-state index is 0.0404. The number of aliphatic hydroxyl groups excluding tert-OH is 4. The van der Waals surface area contributed by atoms with Crippen LogP contribution < -0.4 is 4.90 Å². The molecule has 0 aliphatic rings. The zero-order chi connectivity index (χ0) is 40.1. The van der Waals surface area contributed by atoms with Gasteiger partial charge >= 0.3 is 0 Å². The van der Waals surface area contributed by atoms with E-state index >= 15 is 0 Å². The van der Waals surface area contributed by atoms with E-state index in [1.165, 1.54) is 17.0 Å². The molecule has 6 aromatic rings. The highest BCUT2D eigenvalue weighted by Gasteiger charge is 2.26. The van der Waals surface area contributed by atoms with Gasteiger partial charge in [-0.05, 0) is 58.8 Å². The lowest BCUT2D eigenvalue weighted by Crippen LogP contribution is -2.32. The van der Waals surface area contributed by atoms with Crippen molar-refractivity contribution in [1.82, 2.24) is 0 Å². The summed E-state index contributed by atoms with van der Waals surface area (Å²) >= 11 is 0. The van der Waals surface area contributed by atoms with Crippen molar-refractivity contribution >= 4 is 81.5 Å². The molecule has 0 atom stereocenters. The maximum atomic E-state index is 14.7. The summed E-state index contributed by atoms with van der Waals surface area (Å²) in [6, 6.07) is 29.1. The lowest BCUT2D eigenvalue weighted by atomic mass is 9.93. The Morgan fingerprint density at radius 1 is 0.544 bits per heavy atom. The van der Waals surface area contributed by atoms with Crippen LogP contribution in [0.2, 0.25) is 0 Å². The fourth-order valence-corrected chi connectivity index (χ4v) is 6.15. The predicted octanol–water partition coefficient (Wildman–Crippen LogP) is 9.68. The summed E-state index contributed by atoms with van der Waals surface area (Å²) in [4.78, 5) is 31.8. The number of phenolic OH excluding ortho intramolecular Hbond substituents is 2. The van der Waals surface area contributed by atoms with Crippen molar-refractivity contribution in [2.24, 2.45) is 40.4 Å². The van der Waals surface area contributed by atoms with Crippen molar-refractivity contribution in [2.75, 3.05) is 11.6 Å². The standard InChI is InChI=1S/C41H35N9O7/c51-22-42-18-28-17-33(34(19-43-23-52)35(20-44-24-53)38(28)47-49-40-32-8-4-2-6-27(32)10-16-37(40)56)41(57)50(21-45-25-54)30-13-11-29(12-14-30)46-48-39-31-7-3-1-5-26(31)9-15-36(39)55/h1-17,22-25,55-56H,18-21H2,(H,42,51)(H,43,52)(H,44,53)(H,45,54). The van der Waals surface area contributed by atoms with Gasteiger partial charge in [-0.15, -0.1) is 15.3 Å². The molecule has 286 valence electrons. The van der Waals surface area contributed by atoms with Crippen LogP contribution in [0.5, 0.6) is 11.5 Å². The van der Waals surface area contributed by atoms with E-state index in [1.54, 1.807) is 54.6 Å². The van der Waals surface area contributed by atoms with Crippen molar-refractivity contribution in [3.8, 4) is 11.5 Å². The van der Waals surface area contributed by atoms with Crippen LogP contribution in [0.15, 0.2) is 144 Å². The molecule has 1 amide bonds. The highest BCUT2D eigenvalue weighted by molar-refractivity contribution is 6.08. The summed E-state index contributed by atoms with van der Waals surface area (Å²) in [5.41, 5.74) is 2.21. The van der Waals surface area contributed by atoms with Gasteiger partial charge < -0.3 is 30.6 Å². The Labute approximate surface area is 324 Å². The van der Waals surface area contributed by atoms with E-state index in [4.69, 9.17) is 0 Å². The van der Waals surface area contributed by atoms with Crippen LogP contribution in [0.3, 0.4) is 0 Å². The molecule has 6 rings (SSSR count). The van der Waals surface area contributed by atoms with Gasteiger partial charge in [-0.25, -0.2) is 4.99 Å². The summed E-state index contributed by atoms with van der Waals surface area (Å²) in [6.07, 6.45) is 2.31. The molecule has 0 aromatic heterocycles. The van der Waals surface area contributed by atoms with Crippen molar-refractivity contribution in [3.05, 3.63) is 125 Å². The molecule has 0 spiro atoms. The van der Waals surface area contributed by atoms with Gasteiger partial charge in [0.25, 0.3) is 5.91 Å². The van der Waals surface area contributed by atoms with Crippen LogP contribution in [0.1, 0.15) is 27.0 Å². The normalized spacial score (nSPS) is 12.2. The van der Waals surface area contributed by atoms with Crippen LogP contribution in [0.25, 0.3) is 21.5 Å². The van der Waals surface area contributed by atoms with Crippen molar-refractivity contribution in [1.29, 1.82) is 0 Å². The van der Waals surface area contributed by atoms with Crippen LogP contribution in [-0.2, 0) is 19.6 Å². The first kappa shape index (κ1) is 38.7. The number of carbonyl (C=O) groups excluding carboxylic acids is 1. The lowest BCUT2D eigenvalue weighted by molar-refractivity contribution is 0.0986. The quantitative estimate of drug-likeness (QED) is 0.0356. The van der Waals surface area contributed by atoms with E-state index in [9.17, 15) is 35.4 Å². The molecule has 0 bridgehead atoms. The largest absolute Gasteiger partial charge is 0.506 e. The second kappa shape index (κ2) is 18.4. The third-order valence-corrected chi connectivity index (χ3v) is 8.82. The van der Waals surface area contributed by atoms with E-state index in [2.05, 4.69) is 40.4 Å². The Morgan fingerprint density at radius 2 is 1.05 bits per heavy atom. The second-order valence-electron chi connectivity index (χ2n) is 12.2. The molecule has 0 unspecified atom stereocenters. The number of aliphatic imine (C=N–C) groups is 4. The molecule has 0 saturated carbocycles. The van der Waals surface area contributed by atoms with Gasteiger partial charge in [-0.2, -0.15) is 5.11 Å². The van der Waals surface area contributed by atoms with Gasteiger partial charge in [-0.3, -0.25) is 24.7 Å². The number of azo groups is 2. The third kappa shape index (κ3) is 8.70. The van der Waals surface area contributed by atoms with Crippen LogP contribution in [0.4, 0.5) is 28.4 Å². The number of aliphatic hydroxyl groups is 4. The molecule has 16 heteroatoms. The van der Waals surface area contributed by atoms with E-state index in [0.717, 1.165) is 10.8 Å². The number of aromatic hydroxyl groups is 2. The van der Waals surface area contributed by atoms with Gasteiger partial charge in [0.1, 0.15) is 29.5 Å². The molecule has 0 heterocycles. The van der Waals surface area contributed by atoms with Gasteiger partial charge in [0.2, 0.25) is 0 Å². The number of hydrogen-bond donors (Lipinski definition) is 6. The van der Waals surface area contributed by atoms with Crippen LogP contribution >= 0.6 is 0 Å². The van der Waals surface area contributed by atoms with Crippen molar-refractivity contribution in [3.63, 3.8) is 0 Å². The number of anilines is 1. The molecule has 6 aromatic carbocycles. The highest BCUT2D eigenvalue weighted by Crippen LogP contribution is 2.40. The van der Waals surface area contributed by atoms with E-state index in [-0.39, 0.29) is 65.9 Å². The molecule has 0 radical (unpaired) electrons. The Balaban J connectivity index is 1.45. The van der Waals surface area contributed by atoms with Crippen LogP contribution in [0, 0.1) is 0 Å². The number of benzene rings is 6. The first-order valence-electron chi connectivity index (χ1n) is 17.2. The van der Waals surface area contributed by atoms with Gasteiger partial charge in [-0.1, -0.05) is 60.7 Å². The Kier molecular flexibility index (Phi) is 12.5. The molecule has 16 nitrogen and oxygen atoms in total. The molecule has 6 N–H and O–H groups in total. The van der Waals surface area contributed by atoms with Crippen molar-refractivity contribution < 1.29 is 35.4 Å². The summed E-state index contributed by atoms with van der Waals surface area (Å²) < 4.78 is 0. The first-order chi connectivity index (χ1) is 27.9. The zero-order valence-corrected chi connectivity index (χ0v) is 30.1. The summed E-state index contributed by atoms with van der Waals surface area (Å²) in [7, 11) is 0. The fourth-order valence-electron chi connectivity index (χ4n) is 6.15. The van der Waals surface area contributed by atoms with Gasteiger partial charge in [0.05, 0.1) is 31.0 Å². The number of carbonyl (C=O) groups is 1.